The minimum Gasteiger partial charge on any atom is -0.362 e. The van der Waals surface area contributed by atoms with Crippen molar-refractivity contribution in [3.8, 4) is 0 Å². The Morgan fingerprint density at radius 3 is 1.60 bits per heavy atom. The Morgan fingerprint density at radius 2 is 1.25 bits per heavy atom. The van der Waals surface area contributed by atoms with E-state index in [1.807, 2.05) is 0 Å². The predicted molar refractivity (Wildman–Crippen MR) is 57.1 cm³/mol. The van der Waals surface area contributed by atoms with E-state index < -0.39 is 30.4 Å². The number of nitrogens with zero attached hydrogens (tertiary/aromatic N) is 2. The van der Waals surface area contributed by atoms with Crippen LogP contribution in [0, 0.1) is 0 Å². The fraction of sp³-hybridized carbons (Fsp3) is 0.889. The first-order valence-corrected chi connectivity index (χ1v) is 5.77. The summed E-state index contributed by atoms with van der Waals surface area (Å²) in [5.41, 5.74) is 0. The largest absolute Gasteiger partial charge is 0.362 e. The summed E-state index contributed by atoms with van der Waals surface area (Å²) in [5.74, 6) is -6.07. The van der Waals surface area contributed by atoms with E-state index in [1.165, 1.54) is 0 Å². The van der Waals surface area contributed by atoms with Crippen LogP contribution in [0.15, 0.2) is 0 Å². The second-order valence-corrected chi connectivity index (χ2v) is 4.41. The van der Waals surface area contributed by atoms with Gasteiger partial charge in [0.25, 0.3) is 0 Å². The molecular formula is C9H16N2O9. The van der Waals surface area contributed by atoms with Gasteiger partial charge in [-0.05, 0) is 0 Å². The zero-order valence-corrected chi connectivity index (χ0v) is 10.3. The van der Waals surface area contributed by atoms with Crippen molar-refractivity contribution in [2.75, 3.05) is 26.3 Å². The molecule has 0 spiro atoms. The van der Waals surface area contributed by atoms with Crippen LogP contribution in [0.2, 0.25) is 0 Å². The number of urea groups is 1. The molecule has 116 valence electrons. The molecule has 2 atom stereocenters. The summed E-state index contributed by atoms with van der Waals surface area (Å²) in [4.78, 5) is 12.9. The average molecular weight is 296 g/mol. The SMILES string of the molecule is O=C(N1CCOC(O)C1(O)O)N1CCOC(O)C1(O)O. The topological polar surface area (TPSA) is 163 Å². The molecule has 0 aliphatic carbocycles. The lowest BCUT2D eigenvalue weighted by atomic mass is 10.3. The Balaban J connectivity index is 2.22. The molecule has 0 radical (unpaired) electrons. The highest BCUT2D eigenvalue weighted by molar-refractivity contribution is 5.75. The van der Waals surface area contributed by atoms with Gasteiger partial charge >= 0.3 is 17.9 Å². The van der Waals surface area contributed by atoms with Crippen LogP contribution in [-0.4, -0.2) is 97.2 Å². The van der Waals surface area contributed by atoms with Crippen LogP contribution in [0.1, 0.15) is 0 Å². The van der Waals surface area contributed by atoms with Crippen molar-refractivity contribution in [3.05, 3.63) is 0 Å². The molecule has 2 saturated heterocycles. The molecule has 6 N–H and O–H groups in total. The van der Waals surface area contributed by atoms with Crippen LogP contribution in [0.25, 0.3) is 0 Å². The van der Waals surface area contributed by atoms with E-state index in [1.54, 1.807) is 0 Å². The number of amides is 2. The van der Waals surface area contributed by atoms with E-state index in [2.05, 4.69) is 9.47 Å². The van der Waals surface area contributed by atoms with Gasteiger partial charge in [-0.25, -0.2) is 4.79 Å². The third kappa shape index (κ3) is 2.34. The third-order valence-corrected chi connectivity index (χ3v) is 3.10. The summed E-state index contributed by atoms with van der Waals surface area (Å²) < 4.78 is 9.16. The van der Waals surface area contributed by atoms with E-state index in [9.17, 15) is 35.4 Å². The van der Waals surface area contributed by atoms with Gasteiger partial charge in [0.2, 0.25) is 12.6 Å². The summed E-state index contributed by atoms with van der Waals surface area (Å²) in [7, 11) is 0. The Kier molecular flexibility index (Phi) is 3.88. The third-order valence-electron chi connectivity index (χ3n) is 3.10. The van der Waals surface area contributed by atoms with Crippen LogP contribution in [0.3, 0.4) is 0 Å². The number of rotatable bonds is 0. The molecular weight excluding hydrogens is 280 g/mol. The average Bonchev–Trinajstić information content (AvgIpc) is 2.35. The minimum atomic E-state index is -3.03. The van der Waals surface area contributed by atoms with E-state index in [0.717, 1.165) is 0 Å². The lowest BCUT2D eigenvalue weighted by molar-refractivity contribution is -0.397. The number of carbonyl (C=O) groups excluding carboxylic acids is 1. The van der Waals surface area contributed by atoms with Crippen LogP contribution in [0.5, 0.6) is 0 Å². The molecule has 2 amide bonds. The number of hydrogen-bond acceptors (Lipinski definition) is 9. The molecule has 20 heavy (non-hydrogen) atoms. The molecule has 2 aliphatic heterocycles. The zero-order chi connectivity index (χ0) is 15.1. The Hall–Kier alpha value is -1.05. The molecule has 0 aromatic carbocycles. The Labute approximate surface area is 112 Å². The first-order chi connectivity index (χ1) is 9.19. The van der Waals surface area contributed by atoms with Crippen LogP contribution in [-0.2, 0) is 9.47 Å². The summed E-state index contributed by atoms with van der Waals surface area (Å²) in [6, 6.07) is -1.22. The molecule has 0 aromatic rings. The molecule has 0 aromatic heterocycles. The summed E-state index contributed by atoms with van der Waals surface area (Å²) in [6.07, 6.45) is -4.14. The first kappa shape index (κ1) is 15.3. The quantitative estimate of drug-likeness (QED) is 0.243. The Morgan fingerprint density at radius 1 is 0.900 bits per heavy atom. The van der Waals surface area contributed by atoms with E-state index in [-0.39, 0.29) is 26.3 Å². The van der Waals surface area contributed by atoms with Crippen molar-refractivity contribution < 1.29 is 44.9 Å². The summed E-state index contributed by atoms with van der Waals surface area (Å²) in [6.45, 7) is -1.00. The first-order valence-electron chi connectivity index (χ1n) is 5.77. The maximum atomic E-state index is 12.2. The monoisotopic (exact) mass is 296 g/mol. The van der Waals surface area contributed by atoms with Gasteiger partial charge < -0.3 is 40.1 Å². The van der Waals surface area contributed by atoms with Crippen molar-refractivity contribution in [3.63, 3.8) is 0 Å². The second-order valence-electron chi connectivity index (χ2n) is 4.41. The van der Waals surface area contributed by atoms with Gasteiger partial charge in [0.05, 0.1) is 26.3 Å². The van der Waals surface area contributed by atoms with Crippen molar-refractivity contribution in [1.82, 2.24) is 9.80 Å². The van der Waals surface area contributed by atoms with Gasteiger partial charge in [-0.2, -0.15) is 0 Å². The van der Waals surface area contributed by atoms with Crippen molar-refractivity contribution in [1.29, 1.82) is 0 Å². The highest BCUT2D eigenvalue weighted by Gasteiger charge is 2.53. The molecule has 2 aliphatic rings. The lowest BCUT2D eigenvalue weighted by Crippen LogP contribution is -2.72. The van der Waals surface area contributed by atoms with Crippen LogP contribution < -0.4 is 0 Å². The number of ether oxygens (including phenoxy) is 2. The molecule has 11 heteroatoms. The lowest BCUT2D eigenvalue weighted by Gasteiger charge is -2.47. The van der Waals surface area contributed by atoms with Gasteiger partial charge in [-0.1, -0.05) is 0 Å². The maximum Gasteiger partial charge on any atom is 0.328 e. The second kappa shape index (κ2) is 5.05. The molecule has 0 bridgehead atoms. The van der Waals surface area contributed by atoms with Crippen LogP contribution >= 0.6 is 0 Å². The zero-order valence-electron chi connectivity index (χ0n) is 10.3. The minimum absolute atomic E-state index is 0.188. The predicted octanol–water partition coefficient (Wildman–Crippen LogP) is -4.32. The van der Waals surface area contributed by atoms with Gasteiger partial charge in [-0.3, -0.25) is 9.80 Å². The molecule has 11 nitrogen and oxygen atoms in total. The highest BCUT2D eigenvalue weighted by Crippen LogP contribution is 2.26. The van der Waals surface area contributed by atoms with Gasteiger partial charge in [0, 0.05) is 0 Å². The fourth-order valence-electron chi connectivity index (χ4n) is 1.95. The highest BCUT2D eigenvalue weighted by atomic mass is 16.7. The summed E-state index contributed by atoms with van der Waals surface area (Å²) in [5, 5.41) is 57.2. The molecule has 2 fully saturated rings. The molecule has 2 heterocycles. The number of hydrogen-bond donors (Lipinski definition) is 6. The number of morpholine rings is 2. The summed E-state index contributed by atoms with van der Waals surface area (Å²) >= 11 is 0. The molecule has 0 saturated carbocycles. The van der Waals surface area contributed by atoms with Gasteiger partial charge in [0.15, 0.2) is 0 Å². The Bertz CT molecular complexity index is 354. The number of aliphatic hydroxyl groups excluding tert-OH is 2. The van der Waals surface area contributed by atoms with Gasteiger partial charge in [-0.15, -0.1) is 0 Å². The maximum absolute atomic E-state index is 12.2. The standard InChI is InChI=1S/C9H16N2O9/c12-5-8(15,16)10(1-3-19-5)7(14)11-2-4-20-6(13)9(11,17)18/h5-6,12-13,15-18H,1-4H2. The fourth-order valence-corrected chi connectivity index (χ4v) is 1.95. The van der Waals surface area contributed by atoms with E-state index >= 15 is 0 Å². The van der Waals surface area contributed by atoms with Crippen molar-refractivity contribution >= 4 is 6.03 Å². The number of aliphatic hydroxyl groups is 6. The normalized spacial score (nSPS) is 33.1. The number of carbonyl (C=O) groups is 1. The van der Waals surface area contributed by atoms with Crippen molar-refractivity contribution in [2.45, 2.75) is 24.4 Å². The van der Waals surface area contributed by atoms with Crippen molar-refractivity contribution in [2.24, 2.45) is 0 Å². The molecule has 2 rings (SSSR count). The molecule has 2 unspecified atom stereocenters. The van der Waals surface area contributed by atoms with E-state index in [0.29, 0.717) is 9.80 Å². The van der Waals surface area contributed by atoms with Gasteiger partial charge in [0.1, 0.15) is 0 Å². The van der Waals surface area contributed by atoms with Crippen LogP contribution in [0.4, 0.5) is 4.79 Å². The smallest absolute Gasteiger partial charge is 0.328 e. The van der Waals surface area contributed by atoms with E-state index in [4.69, 9.17) is 0 Å².